The minimum Gasteiger partial charge on any atom is -0.484 e. The maximum atomic E-state index is 10.7. The lowest BCUT2D eigenvalue weighted by molar-refractivity contribution is -0.119. The molecule has 0 saturated heterocycles. The van der Waals surface area contributed by atoms with Crippen molar-refractivity contribution in [3.63, 3.8) is 0 Å². The minimum atomic E-state index is -0.472. The van der Waals surface area contributed by atoms with E-state index < -0.39 is 5.91 Å². The first kappa shape index (κ1) is 25.5. The highest BCUT2D eigenvalue weighted by Gasteiger charge is 2.15. The molecule has 1 aromatic carbocycles. The third kappa shape index (κ3) is 10.7. The zero-order chi connectivity index (χ0) is 20.2. The fourth-order valence-corrected chi connectivity index (χ4v) is 3.69. The third-order valence-electron chi connectivity index (χ3n) is 5.35. The Balaban J connectivity index is 0.00000420. The van der Waals surface area contributed by atoms with E-state index in [2.05, 4.69) is 22.5 Å². The van der Waals surface area contributed by atoms with E-state index in [1.54, 1.807) is 0 Å². The van der Waals surface area contributed by atoms with E-state index >= 15 is 0 Å². The van der Waals surface area contributed by atoms with Gasteiger partial charge in [0.1, 0.15) is 5.75 Å². The molecule has 164 valence electrons. The number of amides is 1. The summed E-state index contributed by atoms with van der Waals surface area (Å²) in [6.45, 7) is 2.94. The molecule has 1 aliphatic carbocycles. The Hall–Kier alpha value is -1.51. The maximum Gasteiger partial charge on any atom is 0.255 e. The molecule has 0 spiro atoms. The van der Waals surface area contributed by atoms with Gasteiger partial charge in [0.15, 0.2) is 12.6 Å². The molecule has 0 heterocycles. The summed E-state index contributed by atoms with van der Waals surface area (Å²) in [6.07, 6.45) is 10.4. The molecule has 0 aromatic heterocycles. The van der Waals surface area contributed by atoms with Gasteiger partial charge in [-0.15, -0.1) is 24.0 Å². The normalized spacial score (nSPS) is 15.9. The van der Waals surface area contributed by atoms with Crippen LogP contribution in [-0.4, -0.2) is 38.1 Å². The quantitative estimate of drug-likeness (QED) is 0.252. The summed E-state index contributed by atoms with van der Waals surface area (Å²) in [7, 11) is 1.81. The minimum absolute atomic E-state index is 0. The van der Waals surface area contributed by atoms with Gasteiger partial charge in [0.25, 0.3) is 5.91 Å². The highest BCUT2D eigenvalue weighted by molar-refractivity contribution is 14.0. The number of nitrogens with zero attached hydrogens (tertiary/aromatic N) is 1. The molecule has 4 N–H and O–H groups in total. The Kier molecular flexibility index (Phi) is 12.7. The van der Waals surface area contributed by atoms with Crippen molar-refractivity contribution in [2.45, 2.75) is 64.3 Å². The predicted octanol–water partition coefficient (Wildman–Crippen LogP) is 3.63. The molecule has 1 fully saturated rings. The van der Waals surface area contributed by atoms with Gasteiger partial charge in [-0.3, -0.25) is 9.79 Å². The van der Waals surface area contributed by atoms with Crippen LogP contribution in [0.4, 0.5) is 0 Å². The number of aliphatic imine (C=N–C) groups is 1. The number of hydrogen-bond donors (Lipinski definition) is 3. The number of guanidine groups is 1. The number of nitrogens with one attached hydrogen (secondary N) is 2. The second-order valence-corrected chi connectivity index (χ2v) is 7.77. The Morgan fingerprint density at radius 3 is 2.55 bits per heavy atom. The van der Waals surface area contributed by atoms with Gasteiger partial charge in [-0.25, -0.2) is 0 Å². The molecule has 2 rings (SSSR count). The summed E-state index contributed by atoms with van der Waals surface area (Å²) in [4.78, 5) is 15.1. The van der Waals surface area contributed by atoms with Gasteiger partial charge < -0.3 is 21.1 Å². The summed E-state index contributed by atoms with van der Waals surface area (Å²) < 4.78 is 5.27. The van der Waals surface area contributed by atoms with Crippen LogP contribution in [0.1, 0.15) is 57.4 Å². The standard InChI is InChI=1S/C22H36N4O2.HI/c1-17(8-9-18-6-4-3-5-7-18)26-22(24-2)25-15-14-19-10-12-20(13-11-19)28-16-21(23)27;/h10-13,17-18H,3-9,14-16H2,1-2H3,(H2,23,27)(H2,24,25,26);1H. The number of carbonyl (C=O) groups excluding carboxylic acids is 1. The van der Waals surface area contributed by atoms with Crippen LogP contribution in [0.5, 0.6) is 5.75 Å². The number of rotatable bonds is 10. The first-order valence-electron chi connectivity index (χ1n) is 10.5. The van der Waals surface area contributed by atoms with Crippen LogP contribution >= 0.6 is 24.0 Å². The molecule has 1 aromatic rings. The van der Waals surface area contributed by atoms with Gasteiger partial charge in [0.2, 0.25) is 0 Å². The van der Waals surface area contributed by atoms with Gasteiger partial charge in [-0.2, -0.15) is 0 Å². The second kappa shape index (κ2) is 14.5. The molecular formula is C22H37IN4O2. The SMILES string of the molecule is CN=C(NCCc1ccc(OCC(N)=O)cc1)NC(C)CCC1CCCCC1.I. The maximum absolute atomic E-state index is 10.7. The molecule has 0 aliphatic heterocycles. The lowest BCUT2D eigenvalue weighted by atomic mass is 9.85. The molecule has 1 saturated carbocycles. The van der Waals surface area contributed by atoms with Crippen molar-refractivity contribution in [2.24, 2.45) is 16.6 Å². The Labute approximate surface area is 192 Å². The average molecular weight is 516 g/mol. The molecular weight excluding hydrogens is 479 g/mol. The van der Waals surface area contributed by atoms with Crippen LogP contribution in [-0.2, 0) is 11.2 Å². The molecule has 29 heavy (non-hydrogen) atoms. The summed E-state index contributed by atoms with van der Waals surface area (Å²) in [5.74, 6) is 1.96. The molecule has 6 nitrogen and oxygen atoms in total. The number of primary amides is 1. The van der Waals surface area contributed by atoms with E-state index in [9.17, 15) is 4.79 Å². The van der Waals surface area contributed by atoms with E-state index in [4.69, 9.17) is 10.5 Å². The number of hydrogen-bond acceptors (Lipinski definition) is 3. The summed E-state index contributed by atoms with van der Waals surface area (Å²) in [5, 5.41) is 6.89. The van der Waals surface area contributed by atoms with Crippen molar-refractivity contribution in [3.05, 3.63) is 29.8 Å². The molecule has 1 aliphatic rings. The summed E-state index contributed by atoms with van der Waals surface area (Å²) in [5.41, 5.74) is 6.27. The highest BCUT2D eigenvalue weighted by atomic mass is 127. The van der Waals surface area contributed by atoms with Crippen molar-refractivity contribution < 1.29 is 9.53 Å². The topological polar surface area (TPSA) is 88.7 Å². The second-order valence-electron chi connectivity index (χ2n) is 7.77. The summed E-state index contributed by atoms with van der Waals surface area (Å²) in [6, 6.07) is 8.15. The molecule has 1 amide bonds. The number of benzene rings is 1. The van der Waals surface area contributed by atoms with E-state index in [0.29, 0.717) is 11.8 Å². The fraction of sp³-hybridized carbons (Fsp3) is 0.636. The molecule has 1 unspecified atom stereocenters. The van der Waals surface area contributed by atoms with Crippen molar-refractivity contribution >= 4 is 35.8 Å². The van der Waals surface area contributed by atoms with Crippen LogP contribution in [0.3, 0.4) is 0 Å². The first-order valence-corrected chi connectivity index (χ1v) is 10.5. The zero-order valence-electron chi connectivity index (χ0n) is 17.8. The van der Waals surface area contributed by atoms with Crippen LogP contribution in [0.15, 0.2) is 29.3 Å². The monoisotopic (exact) mass is 516 g/mol. The van der Waals surface area contributed by atoms with Gasteiger partial charge in [-0.1, -0.05) is 44.2 Å². The van der Waals surface area contributed by atoms with Gasteiger partial charge in [0.05, 0.1) is 0 Å². The predicted molar refractivity (Wildman–Crippen MR) is 130 cm³/mol. The average Bonchev–Trinajstić information content (AvgIpc) is 2.71. The van der Waals surface area contributed by atoms with Crippen LogP contribution < -0.4 is 21.1 Å². The molecule has 7 heteroatoms. The van der Waals surface area contributed by atoms with Crippen molar-refractivity contribution in [2.75, 3.05) is 20.2 Å². The zero-order valence-corrected chi connectivity index (χ0v) is 20.1. The molecule has 0 bridgehead atoms. The number of carbonyl (C=O) groups is 1. The Bertz CT molecular complexity index is 616. The van der Waals surface area contributed by atoms with Crippen LogP contribution in [0, 0.1) is 5.92 Å². The van der Waals surface area contributed by atoms with E-state index in [0.717, 1.165) is 24.8 Å². The number of nitrogens with two attached hydrogens (primary N) is 1. The van der Waals surface area contributed by atoms with Gasteiger partial charge >= 0.3 is 0 Å². The largest absolute Gasteiger partial charge is 0.484 e. The van der Waals surface area contributed by atoms with Crippen molar-refractivity contribution in [3.8, 4) is 5.75 Å². The summed E-state index contributed by atoms with van der Waals surface area (Å²) >= 11 is 0. The van der Waals surface area contributed by atoms with E-state index in [-0.39, 0.29) is 30.6 Å². The van der Waals surface area contributed by atoms with Gasteiger partial charge in [0, 0.05) is 19.6 Å². The highest BCUT2D eigenvalue weighted by Crippen LogP contribution is 2.27. The first-order chi connectivity index (χ1) is 13.6. The lowest BCUT2D eigenvalue weighted by Gasteiger charge is -2.24. The third-order valence-corrected chi connectivity index (χ3v) is 5.35. The smallest absolute Gasteiger partial charge is 0.255 e. The fourth-order valence-electron chi connectivity index (χ4n) is 3.69. The van der Waals surface area contributed by atoms with Gasteiger partial charge in [-0.05, 0) is 49.8 Å². The van der Waals surface area contributed by atoms with Crippen molar-refractivity contribution in [1.82, 2.24) is 10.6 Å². The van der Waals surface area contributed by atoms with E-state index in [1.807, 2.05) is 31.3 Å². The van der Waals surface area contributed by atoms with Crippen LogP contribution in [0.2, 0.25) is 0 Å². The number of halogens is 1. The Morgan fingerprint density at radius 2 is 1.93 bits per heavy atom. The number of ether oxygens (including phenoxy) is 1. The lowest BCUT2D eigenvalue weighted by Crippen LogP contribution is -2.43. The Morgan fingerprint density at radius 1 is 1.24 bits per heavy atom. The van der Waals surface area contributed by atoms with Crippen molar-refractivity contribution in [1.29, 1.82) is 0 Å². The molecule has 0 radical (unpaired) electrons. The molecule has 1 atom stereocenters. The van der Waals surface area contributed by atoms with Crippen LogP contribution in [0.25, 0.3) is 0 Å². The van der Waals surface area contributed by atoms with E-state index in [1.165, 1.54) is 50.5 Å².